The van der Waals surface area contributed by atoms with Crippen LogP contribution in [0.4, 0.5) is 10.1 Å². The van der Waals surface area contributed by atoms with Crippen LogP contribution in [0.5, 0.6) is 0 Å². The third-order valence-electron chi connectivity index (χ3n) is 3.99. The average molecular weight is 349 g/mol. The molecule has 24 heavy (non-hydrogen) atoms. The van der Waals surface area contributed by atoms with E-state index >= 15 is 0 Å². The van der Waals surface area contributed by atoms with Crippen molar-refractivity contribution in [3.63, 3.8) is 0 Å². The molecule has 0 atom stereocenters. The molecule has 1 aliphatic rings. The van der Waals surface area contributed by atoms with Gasteiger partial charge in [0.2, 0.25) is 15.9 Å². The van der Waals surface area contributed by atoms with E-state index in [9.17, 15) is 17.6 Å². The highest BCUT2D eigenvalue weighted by molar-refractivity contribution is 7.89. The van der Waals surface area contributed by atoms with E-state index in [0.29, 0.717) is 18.7 Å². The standard InChI is InChI=1S/C16H16FN3O3S/c1-18-24(22,23)12-5-4-11-6-8-20(15(11)9-12)16(21)10-14-13(17)3-2-7-19-14/h2-5,7,9,18H,6,8,10H2,1H3. The van der Waals surface area contributed by atoms with Crippen molar-refractivity contribution < 1.29 is 17.6 Å². The quantitative estimate of drug-likeness (QED) is 0.901. The Labute approximate surface area is 139 Å². The first-order valence-electron chi connectivity index (χ1n) is 7.38. The summed E-state index contributed by atoms with van der Waals surface area (Å²) in [5, 5.41) is 0. The van der Waals surface area contributed by atoms with Gasteiger partial charge >= 0.3 is 0 Å². The fourth-order valence-corrected chi connectivity index (χ4v) is 3.44. The summed E-state index contributed by atoms with van der Waals surface area (Å²) < 4.78 is 39.8. The summed E-state index contributed by atoms with van der Waals surface area (Å²) in [4.78, 5) is 18.0. The van der Waals surface area contributed by atoms with E-state index in [4.69, 9.17) is 0 Å². The van der Waals surface area contributed by atoms with E-state index in [1.54, 1.807) is 6.07 Å². The van der Waals surface area contributed by atoms with Crippen LogP contribution in [0, 0.1) is 5.82 Å². The normalized spacial score (nSPS) is 13.8. The Kier molecular flexibility index (Phi) is 4.33. The number of carbonyl (C=O) groups is 1. The first-order valence-corrected chi connectivity index (χ1v) is 8.87. The third-order valence-corrected chi connectivity index (χ3v) is 5.40. The molecule has 0 saturated carbocycles. The van der Waals surface area contributed by atoms with Gasteiger partial charge in [0.05, 0.1) is 17.0 Å². The predicted octanol–water partition coefficient (Wildman–Crippen LogP) is 1.26. The van der Waals surface area contributed by atoms with E-state index in [2.05, 4.69) is 9.71 Å². The molecule has 3 rings (SSSR count). The molecular formula is C16H16FN3O3S. The molecule has 2 aromatic rings. The second kappa shape index (κ2) is 6.29. The molecule has 1 N–H and O–H groups in total. The van der Waals surface area contributed by atoms with Gasteiger partial charge in [0.15, 0.2) is 0 Å². The SMILES string of the molecule is CNS(=O)(=O)c1ccc2c(c1)N(C(=O)Cc1ncccc1F)CC2. The molecule has 126 valence electrons. The zero-order chi connectivity index (χ0) is 17.3. The van der Waals surface area contributed by atoms with Crippen LogP contribution in [-0.4, -0.2) is 32.9 Å². The number of pyridine rings is 1. The second-order valence-electron chi connectivity index (χ2n) is 5.40. The molecule has 1 aliphatic heterocycles. The monoisotopic (exact) mass is 349 g/mol. The van der Waals surface area contributed by atoms with Crippen LogP contribution < -0.4 is 9.62 Å². The van der Waals surface area contributed by atoms with Crippen LogP contribution in [0.25, 0.3) is 0 Å². The van der Waals surface area contributed by atoms with E-state index in [1.165, 1.54) is 42.4 Å². The molecule has 1 aromatic heterocycles. The molecule has 0 aliphatic carbocycles. The Morgan fingerprint density at radius 1 is 1.38 bits per heavy atom. The lowest BCUT2D eigenvalue weighted by Crippen LogP contribution is -2.31. The first kappa shape index (κ1) is 16.5. The Hall–Kier alpha value is -2.32. The van der Waals surface area contributed by atoms with Crippen molar-refractivity contribution in [1.29, 1.82) is 0 Å². The number of halogens is 1. The summed E-state index contributed by atoms with van der Waals surface area (Å²) in [5.74, 6) is -0.845. The summed E-state index contributed by atoms with van der Waals surface area (Å²) in [6, 6.07) is 7.40. The Morgan fingerprint density at radius 2 is 2.17 bits per heavy atom. The van der Waals surface area contributed by atoms with Crippen LogP contribution in [0.3, 0.4) is 0 Å². The van der Waals surface area contributed by atoms with Crippen LogP contribution in [0.2, 0.25) is 0 Å². The average Bonchev–Trinajstić information content (AvgIpc) is 3.00. The molecule has 1 amide bonds. The fourth-order valence-electron chi connectivity index (χ4n) is 2.69. The van der Waals surface area contributed by atoms with Gasteiger partial charge in [-0.2, -0.15) is 0 Å². The first-order chi connectivity index (χ1) is 11.4. The number of anilines is 1. The molecule has 6 nitrogen and oxygen atoms in total. The number of sulfonamides is 1. The van der Waals surface area contributed by atoms with Gasteiger partial charge < -0.3 is 4.90 Å². The van der Waals surface area contributed by atoms with Gasteiger partial charge in [0, 0.05) is 18.4 Å². The van der Waals surface area contributed by atoms with E-state index in [0.717, 1.165) is 5.56 Å². The van der Waals surface area contributed by atoms with Crippen LogP contribution >= 0.6 is 0 Å². The van der Waals surface area contributed by atoms with Crippen LogP contribution in [0.15, 0.2) is 41.4 Å². The summed E-state index contributed by atoms with van der Waals surface area (Å²) in [6.45, 7) is 0.436. The predicted molar refractivity (Wildman–Crippen MR) is 86.6 cm³/mol. The maximum absolute atomic E-state index is 13.7. The smallest absolute Gasteiger partial charge is 0.240 e. The molecule has 1 aromatic carbocycles. The lowest BCUT2D eigenvalue weighted by molar-refractivity contribution is -0.118. The summed E-state index contributed by atoms with van der Waals surface area (Å²) in [7, 11) is -2.27. The van der Waals surface area contributed by atoms with Gasteiger partial charge in [-0.1, -0.05) is 6.07 Å². The summed E-state index contributed by atoms with van der Waals surface area (Å²) in [6.07, 6.45) is 1.89. The Bertz CT molecular complexity index is 899. The molecular weight excluding hydrogens is 333 g/mol. The molecule has 0 radical (unpaired) electrons. The summed E-state index contributed by atoms with van der Waals surface area (Å²) in [5.41, 5.74) is 1.52. The zero-order valence-electron chi connectivity index (χ0n) is 13.0. The number of benzene rings is 1. The minimum absolute atomic E-state index is 0.0787. The highest BCUT2D eigenvalue weighted by Crippen LogP contribution is 2.31. The topological polar surface area (TPSA) is 79.4 Å². The van der Waals surface area contributed by atoms with Crippen molar-refractivity contribution in [2.45, 2.75) is 17.7 Å². The number of aromatic nitrogens is 1. The van der Waals surface area contributed by atoms with Crippen molar-refractivity contribution in [3.05, 3.63) is 53.6 Å². The number of nitrogens with one attached hydrogen (secondary N) is 1. The molecule has 0 bridgehead atoms. The van der Waals surface area contributed by atoms with Crippen molar-refractivity contribution in [3.8, 4) is 0 Å². The number of nitrogens with zero attached hydrogens (tertiary/aromatic N) is 2. The van der Waals surface area contributed by atoms with E-state index in [1.807, 2.05) is 0 Å². The van der Waals surface area contributed by atoms with Gasteiger partial charge in [-0.15, -0.1) is 0 Å². The van der Waals surface area contributed by atoms with Crippen molar-refractivity contribution in [1.82, 2.24) is 9.71 Å². The minimum Gasteiger partial charge on any atom is -0.311 e. The third kappa shape index (κ3) is 3.02. The van der Waals surface area contributed by atoms with E-state index in [-0.39, 0.29) is 22.9 Å². The van der Waals surface area contributed by atoms with Crippen LogP contribution in [0.1, 0.15) is 11.3 Å². The molecule has 0 saturated heterocycles. The molecule has 0 spiro atoms. The number of rotatable bonds is 4. The Morgan fingerprint density at radius 3 is 2.88 bits per heavy atom. The zero-order valence-corrected chi connectivity index (χ0v) is 13.8. The summed E-state index contributed by atoms with van der Waals surface area (Å²) >= 11 is 0. The molecule has 8 heteroatoms. The molecule has 0 fully saturated rings. The van der Waals surface area contributed by atoms with Gasteiger partial charge in [0.25, 0.3) is 0 Å². The number of carbonyl (C=O) groups excluding carboxylic acids is 1. The minimum atomic E-state index is -3.59. The van der Waals surface area contributed by atoms with Gasteiger partial charge in [-0.25, -0.2) is 17.5 Å². The number of hydrogen-bond donors (Lipinski definition) is 1. The number of amides is 1. The lowest BCUT2D eigenvalue weighted by atomic mass is 10.2. The maximum Gasteiger partial charge on any atom is 0.240 e. The highest BCUT2D eigenvalue weighted by atomic mass is 32.2. The fraction of sp³-hybridized carbons (Fsp3) is 0.250. The van der Waals surface area contributed by atoms with Crippen LogP contribution in [-0.2, 0) is 27.7 Å². The maximum atomic E-state index is 13.7. The van der Waals surface area contributed by atoms with Crippen molar-refractivity contribution in [2.75, 3.05) is 18.5 Å². The largest absolute Gasteiger partial charge is 0.311 e. The second-order valence-corrected chi connectivity index (χ2v) is 7.29. The molecule has 0 unspecified atom stereocenters. The molecule has 2 heterocycles. The highest BCUT2D eigenvalue weighted by Gasteiger charge is 2.27. The number of fused-ring (bicyclic) bond motifs is 1. The van der Waals surface area contributed by atoms with Gasteiger partial charge in [-0.05, 0) is 43.3 Å². The van der Waals surface area contributed by atoms with Crippen molar-refractivity contribution in [2.24, 2.45) is 0 Å². The lowest BCUT2D eigenvalue weighted by Gasteiger charge is -2.18. The van der Waals surface area contributed by atoms with Gasteiger partial charge in [0.1, 0.15) is 5.82 Å². The Balaban J connectivity index is 1.90. The van der Waals surface area contributed by atoms with Gasteiger partial charge in [-0.3, -0.25) is 9.78 Å². The number of hydrogen-bond acceptors (Lipinski definition) is 4. The van der Waals surface area contributed by atoms with E-state index < -0.39 is 15.8 Å². The van der Waals surface area contributed by atoms with Crippen molar-refractivity contribution >= 4 is 21.6 Å².